The van der Waals surface area contributed by atoms with Crippen LogP contribution in [-0.4, -0.2) is 54.8 Å². The molecule has 2 N–H and O–H groups in total. The van der Waals surface area contributed by atoms with E-state index in [1.54, 1.807) is 18.2 Å². The number of nitrogens with zero attached hydrogens (tertiary/aromatic N) is 3. The maximum atomic E-state index is 13.9. The Kier molecular flexibility index (Phi) is 6.02. The van der Waals surface area contributed by atoms with Crippen LogP contribution in [0.3, 0.4) is 0 Å². The Morgan fingerprint density at radius 2 is 2.00 bits per heavy atom. The first-order valence-corrected chi connectivity index (χ1v) is 10.1. The van der Waals surface area contributed by atoms with Crippen LogP contribution in [-0.2, 0) is 14.8 Å². The minimum absolute atomic E-state index is 0.0586. The fourth-order valence-electron chi connectivity index (χ4n) is 2.93. The van der Waals surface area contributed by atoms with Gasteiger partial charge in [-0.1, -0.05) is 12.1 Å². The van der Waals surface area contributed by atoms with E-state index in [-0.39, 0.29) is 16.7 Å². The van der Waals surface area contributed by atoms with E-state index in [0.717, 1.165) is 6.42 Å². The van der Waals surface area contributed by atoms with Gasteiger partial charge in [0.1, 0.15) is 16.4 Å². The number of hydrogen-bond donors (Lipinski definition) is 1. The van der Waals surface area contributed by atoms with Gasteiger partial charge >= 0.3 is 0 Å². The van der Waals surface area contributed by atoms with Crippen LogP contribution < -0.4 is 5.73 Å². The molecule has 1 saturated heterocycles. The second-order valence-electron chi connectivity index (χ2n) is 6.19. The van der Waals surface area contributed by atoms with E-state index in [1.807, 2.05) is 0 Å². The highest BCUT2D eigenvalue weighted by Gasteiger charge is 2.30. The van der Waals surface area contributed by atoms with Gasteiger partial charge in [-0.15, -0.1) is 0 Å². The van der Waals surface area contributed by atoms with Crippen molar-refractivity contribution in [2.24, 2.45) is 5.73 Å². The first-order valence-electron chi connectivity index (χ1n) is 8.64. The molecule has 1 aromatic heterocycles. The van der Waals surface area contributed by atoms with Gasteiger partial charge in [0.05, 0.1) is 18.5 Å². The number of para-hydroxylation sites is 1. The van der Waals surface area contributed by atoms with E-state index in [4.69, 9.17) is 10.5 Å². The third-order valence-electron chi connectivity index (χ3n) is 4.40. The van der Waals surface area contributed by atoms with Crippen LogP contribution in [0.1, 0.15) is 19.3 Å². The summed E-state index contributed by atoms with van der Waals surface area (Å²) < 4.78 is 47.9. The molecule has 7 nitrogen and oxygen atoms in total. The molecule has 1 aromatic carbocycles. The average molecular weight is 382 g/mol. The third kappa shape index (κ3) is 4.12. The Balaban J connectivity index is 1.67. The number of rotatable bonds is 7. The van der Waals surface area contributed by atoms with Crippen LogP contribution in [0.25, 0.3) is 5.69 Å². The minimum atomic E-state index is -3.66. The Labute approximate surface area is 152 Å². The predicted molar refractivity (Wildman–Crippen MR) is 94.9 cm³/mol. The lowest BCUT2D eigenvalue weighted by Crippen LogP contribution is -2.40. The zero-order chi connectivity index (χ0) is 18.6. The van der Waals surface area contributed by atoms with E-state index < -0.39 is 15.8 Å². The molecule has 0 radical (unpaired) electrons. The summed E-state index contributed by atoms with van der Waals surface area (Å²) in [7, 11) is -3.66. The summed E-state index contributed by atoms with van der Waals surface area (Å²) in [6.07, 6.45) is 4.75. The van der Waals surface area contributed by atoms with E-state index in [2.05, 4.69) is 5.10 Å². The number of aromatic nitrogens is 2. The van der Waals surface area contributed by atoms with Crippen molar-refractivity contribution >= 4 is 10.0 Å². The Morgan fingerprint density at radius 3 is 2.69 bits per heavy atom. The molecule has 0 atom stereocenters. The molecule has 0 spiro atoms. The van der Waals surface area contributed by atoms with Crippen LogP contribution in [0.5, 0.6) is 0 Å². The highest BCUT2D eigenvalue weighted by molar-refractivity contribution is 7.89. The van der Waals surface area contributed by atoms with Gasteiger partial charge in [-0.05, 0) is 37.9 Å². The summed E-state index contributed by atoms with van der Waals surface area (Å²) in [5, 5.41) is 4.01. The van der Waals surface area contributed by atoms with Crippen molar-refractivity contribution in [2.45, 2.75) is 30.3 Å². The van der Waals surface area contributed by atoms with E-state index in [9.17, 15) is 12.8 Å². The van der Waals surface area contributed by atoms with Crippen molar-refractivity contribution in [1.29, 1.82) is 0 Å². The van der Waals surface area contributed by atoms with E-state index in [0.29, 0.717) is 39.1 Å². The first-order chi connectivity index (χ1) is 12.5. The molecule has 1 aliphatic rings. The lowest BCUT2D eigenvalue weighted by molar-refractivity contribution is 0.0209. The second-order valence-corrected chi connectivity index (χ2v) is 8.13. The van der Waals surface area contributed by atoms with Gasteiger partial charge in [0.15, 0.2) is 0 Å². The first kappa shape index (κ1) is 19.0. The molecule has 2 aromatic rings. The second kappa shape index (κ2) is 8.26. The molecule has 0 saturated carbocycles. The predicted octanol–water partition coefficient (Wildman–Crippen LogP) is 1.53. The molecule has 142 valence electrons. The number of piperidine rings is 1. The zero-order valence-corrected chi connectivity index (χ0v) is 15.2. The van der Waals surface area contributed by atoms with Crippen LogP contribution in [0.2, 0.25) is 0 Å². The Bertz CT molecular complexity index is 832. The smallest absolute Gasteiger partial charge is 0.246 e. The number of nitrogens with two attached hydrogens (primary N) is 1. The van der Waals surface area contributed by atoms with Gasteiger partial charge in [-0.2, -0.15) is 9.40 Å². The van der Waals surface area contributed by atoms with Crippen LogP contribution in [0.4, 0.5) is 4.39 Å². The van der Waals surface area contributed by atoms with Crippen molar-refractivity contribution in [3.63, 3.8) is 0 Å². The summed E-state index contributed by atoms with van der Waals surface area (Å²) >= 11 is 0. The van der Waals surface area contributed by atoms with Crippen LogP contribution in [0, 0.1) is 5.82 Å². The highest BCUT2D eigenvalue weighted by atomic mass is 32.2. The van der Waals surface area contributed by atoms with Crippen LogP contribution in [0.15, 0.2) is 41.6 Å². The molecule has 0 unspecified atom stereocenters. The number of sulfonamides is 1. The standard InChI is InChI=1S/C17H23FN4O3S/c18-16-4-1-2-5-17(16)22-13-15(12-20-22)26(23,24)21-9-6-14(7-10-21)25-11-3-8-19/h1-2,4-5,12-14H,3,6-11,19H2. The number of halogens is 1. The third-order valence-corrected chi connectivity index (χ3v) is 6.25. The van der Waals surface area contributed by atoms with Crippen molar-refractivity contribution in [3.8, 4) is 5.69 Å². The van der Waals surface area contributed by atoms with E-state index in [1.165, 1.54) is 27.4 Å². The lowest BCUT2D eigenvalue weighted by atomic mass is 10.1. The van der Waals surface area contributed by atoms with Gasteiger partial charge in [-0.3, -0.25) is 0 Å². The molecule has 3 rings (SSSR count). The normalized spacial score (nSPS) is 16.8. The average Bonchev–Trinajstić information content (AvgIpc) is 3.13. The largest absolute Gasteiger partial charge is 0.378 e. The summed E-state index contributed by atoms with van der Waals surface area (Å²) in [4.78, 5) is 0.0586. The molecule has 0 aliphatic carbocycles. The molecule has 0 bridgehead atoms. The molecule has 9 heteroatoms. The van der Waals surface area contributed by atoms with Crippen molar-refractivity contribution in [1.82, 2.24) is 14.1 Å². The zero-order valence-electron chi connectivity index (χ0n) is 14.4. The maximum absolute atomic E-state index is 13.9. The number of ether oxygens (including phenoxy) is 1. The fourth-order valence-corrected chi connectivity index (χ4v) is 4.33. The highest BCUT2D eigenvalue weighted by Crippen LogP contribution is 2.23. The molecule has 0 amide bonds. The summed E-state index contributed by atoms with van der Waals surface area (Å²) in [5.74, 6) is -0.463. The molecule has 2 heterocycles. The molecular weight excluding hydrogens is 359 g/mol. The van der Waals surface area contributed by atoms with Gasteiger partial charge in [0.2, 0.25) is 10.0 Å². The lowest BCUT2D eigenvalue weighted by Gasteiger charge is -2.30. The SMILES string of the molecule is NCCCOC1CCN(S(=O)(=O)c2cnn(-c3ccccc3F)c2)CC1. The molecule has 1 fully saturated rings. The minimum Gasteiger partial charge on any atom is -0.378 e. The fraction of sp³-hybridized carbons (Fsp3) is 0.471. The van der Waals surface area contributed by atoms with E-state index >= 15 is 0 Å². The topological polar surface area (TPSA) is 90.4 Å². The van der Waals surface area contributed by atoms with Crippen LogP contribution >= 0.6 is 0 Å². The number of hydrogen-bond acceptors (Lipinski definition) is 5. The number of benzene rings is 1. The van der Waals surface area contributed by atoms with Crippen molar-refractivity contribution in [3.05, 3.63) is 42.5 Å². The van der Waals surface area contributed by atoms with Gasteiger partial charge in [0.25, 0.3) is 0 Å². The molecular formula is C17H23FN4O3S. The maximum Gasteiger partial charge on any atom is 0.246 e. The Morgan fingerprint density at radius 1 is 1.27 bits per heavy atom. The summed E-state index contributed by atoms with van der Waals surface area (Å²) in [6, 6.07) is 6.09. The van der Waals surface area contributed by atoms with Crippen molar-refractivity contribution in [2.75, 3.05) is 26.2 Å². The van der Waals surface area contributed by atoms with Gasteiger partial charge in [0, 0.05) is 19.7 Å². The quantitative estimate of drug-likeness (QED) is 0.734. The van der Waals surface area contributed by atoms with Gasteiger partial charge < -0.3 is 10.5 Å². The monoisotopic (exact) mass is 382 g/mol. The summed E-state index contributed by atoms with van der Waals surface area (Å²) in [5.41, 5.74) is 5.65. The van der Waals surface area contributed by atoms with Crippen molar-refractivity contribution < 1.29 is 17.5 Å². The Hall–Kier alpha value is -1.81. The molecule has 26 heavy (non-hydrogen) atoms. The van der Waals surface area contributed by atoms with Gasteiger partial charge in [-0.25, -0.2) is 17.5 Å². The summed E-state index contributed by atoms with van der Waals surface area (Å²) in [6.45, 7) is 1.96. The molecule has 1 aliphatic heterocycles.